The molecule has 164 valence electrons. The van der Waals surface area contributed by atoms with E-state index in [-0.39, 0.29) is 30.1 Å². The fraction of sp³-hybridized carbons (Fsp3) is 0.250. The molecule has 0 spiro atoms. The van der Waals surface area contributed by atoms with E-state index < -0.39 is 0 Å². The van der Waals surface area contributed by atoms with Crippen molar-refractivity contribution in [2.75, 3.05) is 30.9 Å². The summed E-state index contributed by atoms with van der Waals surface area (Å²) in [6.07, 6.45) is 0.301. The minimum absolute atomic E-state index is 0.0378. The molecule has 1 aromatic heterocycles. The third kappa shape index (κ3) is 4.59. The van der Waals surface area contributed by atoms with Gasteiger partial charge in [-0.15, -0.1) is 0 Å². The van der Waals surface area contributed by atoms with Crippen LogP contribution >= 0.6 is 0 Å². The zero-order chi connectivity index (χ0) is 22.7. The lowest BCUT2D eigenvalue weighted by Crippen LogP contribution is -2.27. The zero-order valence-corrected chi connectivity index (χ0v) is 18.0. The Morgan fingerprint density at radius 3 is 2.56 bits per heavy atom. The van der Waals surface area contributed by atoms with E-state index in [4.69, 9.17) is 0 Å². The Labute approximate surface area is 185 Å². The number of rotatable bonds is 6. The molecule has 0 bridgehead atoms. The first-order valence-corrected chi connectivity index (χ1v) is 10.4. The monoisotopic (exact) mass is 433 g/mol. The first-order chi connectivity index (χ1) is 15.4. The molecule has 32 heavy (non-hydrogen) atoms. The Bertz CT molecular complexity index is 1120. The highest BCUT2D eigenvalue weighted by Crippen LogP contribution is 2.32. The van der Waals surface area contributed by atoms with Crippen LogP contribution in [0.25, 0.3) is 0 Å². The predicted octanol–water partition coefficient (Wildman–Crippen LogP) is 3.45. The summed E-state index contributed by atoms with van der Waals surface area (Å²) in [5, 5.41) is 3.03. The van der Waals surface area contributed by atoms with Crippen molar-refractivity contribution in [2.45, 2.75) is 18.9 Å². The van der Waals surface area contributed by atoms with Crippen LogP contribution in [-0.2, 0) is 11.3 Å². The Balaban J connectivity index is 1.54. The van der Waals surface area contributed by atoms with Gasteiger partial charge >= 0.3 is 0 Å². The van der Waals surface area contributed by atoms with Crippen LogP contribution in [0.3, 0.4) is 0 Å². The molecule has 8 heteroatoms. The third-order valence-corrected chi connectivity index (χ3v) is 5.48. The van der Waals surface area contributed by atoms with Gasteiger partial charge in [-0.3, -0.25) is 9.59 Å². The molecular formula is C24H24FN5O2. The summed E-state index contributed by atoms with van der Waals surface area (Å²) in [7, 11) is 3.47. The Morgan fingerprint density at radius 1 is 1.16 bits per heavy atom. The first kappa shape index (κ1) is 21.4. The molecule has 4 rings (SSSR count). The van der Waals surface area contributed by atoms with Crippen molar-refractivity contribution in [1.29, 1.82) is 0 Å². The number of anilines is 2. The fourth-order valence-electron chi connectivity index (χ4n) is 3.79. The van der Waals surface area contributed by atoms with Crippen molar-refractivity contribution in [3.8, 4) is 0 Å². The molecule has 2 aromatic carbocycles. The van der Waals surface area contributed by atoms with Crippen molar-refractivity contribution in [1.82, 2.24) is 14.9 Å². The van der Waals surface area contributed by atoms with Gasteiger partial charge in [0.2, 0.25) is 5.91 Å². The normalized spacial score (nSPS) is 15.7. The van der Waals surface area contributed by atoms with Gasteiger partial charge < -0.3 is 15.1 Å². The average Bonchev–Trinajstić information content (AvgIpc) is 3.21. The van der Waals surface area contributed by atoms with Crippen LogP contribution in [0.4, 0.5) is 15.9 Å². The lowest BCUT2D eigenvalue weighted by Gasteiger charge is -2.19. The van der Waals surface area contributed by atoms with Gasteiger partial charge in [0.1, 0.15) is 17.5 Å². The van der Waals surface area contributed by atoms with E-state index >= 15 is 0 Å². The number of hydrogen-bond acceptors (Lipinski definition) is 5. The van der Waals surface area contributed by atoms with Crippen molar-refractivity contribution >= 4 is 23.3 Å². The van der Waals surface area contributed by atoms with Gasteiger partial charge in [0.15, 0.2) is 0 Å². The van der Waals surface area contributed by atoms with Crippen molar-refractivity contribution < 1.29 is 14.0 Å². The van der Waals surface area contributed by atoms with Gasteiger partial charge in [-0.1, -0.05) is 18.2 Å². The van der Waals surface area contributed by atoms with Gasteiger partial charge in [0.25, 0.3) is 5.91 Å². The van der Waals surface area contributed by atoms with Gasteiger partial charge in [0.05, 0.1) is 12.2 Å². The molecule has 2 amide bonds. The van der Waals surface area contributed by atoms with E-state index in [9.17, 15) is 14.0 Å². The molecule has 0 radical (unpaired) electrons. The average molecular weight is 433 g/mol. The van der Waals surface area contributed by atoms with Crippen LogP contribution in [0.5, 0.6) is 0 Å². The summed E-state index contributed by atoms with van der Waals surface area (Å²) in [5.74, 6) is 0.486. The zero-order valence-electron chi connectivity index (χ0n) is 18.0. The largest absolute Gasteiger partial charge is 0.373 e. The number of amides is 2. The van der Waals surface area contributed by atoms with Crippen LogP contribution < -0.4 is 10.2 Å². The molecule has 1 aliphatic heterocycles. The lowest BCUT2D eigenvalue weighted by molar-refractivity contribution is -0.117. The number of hydrogen-bond donors (Lipinski definition) is 1. The standard InChI is InChI=1S/C24H24FN5O2/c1-26-21-13-20(17-12-23(31)30(14-17)19-10-8-18(25)9-11-19)27-22(28-21)15-29(2)24(32)16-6-4-3-5-7-16/h3-11,13,17H,12,14-15H2,1-2H3,(H,26,27,28)/t17-/m1/s1. The molecule has 1 saturated heterocycles. The fourth-order valence-corrected chi connectivity index (χ4v) is 3.79. The molecule has 1 N–H and O–H groups in total. The molecule has 1 aliphatic rings. The van der Waals surface area contributed by atoms with Crippen LogP contribution in [0.2, 0.25) is 0 Å². The summed E-state index contributed by atoms with van der Waals surface area (Å²) in [5.41, 5.74) is 1.99. The molecule has 0 unspecified atom stereocenters. The number of carbonyl (C=O) groups excluding carboxylic acids is 2. The van der Waals surface area contributed by atoms with E-state index in [1.54, 1.807) is 48.2 Å². The van der Waals surface area contributed by atoms with Crippen molar-refractivity contribution in [2.24, 2.45) is 0 Å². The highest BCUT2D eigenvalue weighted by Gasteiger charge is 2.33. The third-order valence-electron chi connectivity index (χ3n) is 5.48. The lowest BCUT2D eigenvalue weighted by atomic mass is 10.0. The van der Waals surface area contributed by atoms with Crippen molar-refractivity contribution in [3.63, 3.8) is 0 Å². The SMILES string of the molecule is CNc1cc([C@@H]2CC(=O)N(c3ccc(F)cc3)C2)nc(CN(C)C(=O)c2ccccc2)n1. The van der Waals surface area contributed by atoms with E-state index in [2.05, 4.69) is 15.3 Å². The summed E-state index contributed by atoms with van der Waals surface area (Å²) in [4.78, 5) is 37.7. The number of halogens is 1. The first-order valence-electron chi connectivity index (χ1n) is 10.4. The molecule has 0 saturated carbocycles. The van der Waals surface area contributed by atoms with E-state index in [1.807, 2.05) is 24.3 Å². The quantitative estimate of drug-likeness (QED) is 0.644. The van der Waals surface area contributed by atoms with Gasteiger partial charge in [-0.25, -0.2) is 14.4 Å². The molecule has 1 fully saturated rings. The van der Waals surface area contributed by atoms with Gasteiger partial charge in [-0.05, 0) is 36.4 Å². The smallest absolute Gasteiger partial charge is 0.254 e. The van der Waals surface area contributed by atoms with Crippen LogP contribution in [0, 0.1) is 5.82 Å². The van der Waals surface area contributed by atoms with Crippen LogP contribution in [0.1, 0.15) is 34.2 Å². The summed E-state index contributed by atoms with van der Waals surface area (Å²) in [6.45, 7) is 0.682. The Hall–Kier alpha value is -3.81. The molecule has 0 aliphatic carbocycles. The topological polar surface area (TPSA) is 78.4 Å². The van der Waals surface area contributed by atoms with Crippen LogP contribution in [-0.4, -0.2) is 47.3 Å². The Morgan fingerprint density at radius 2 is 1.88 bits per heavy atom. The van der Waals surface area contributed by atoms with Crippen LogP contribution in [0.15, 0.2) is 60.7 Å². The maximum Gasteiger partial charge on any atom is 0.254 e. The van der Waals surface area contributed by atoms with Crippen molar-refractivity contribution in [3.05, 3.63) is 83.6 Å². The minimum Gasteiger partial charge on any atom is -0.373 e. The molecule has 1 atom stereocenters. The van der Waals surface area contributed by atoms with E-state index in [0.717, 1.165) is 5.69 Å². The Kier molecular flexibility index (Phi) is 6.11. The molecule has 2 heterocycles. The second-order valence-corrected chi connectivity index (χ2v) is 7.75. The minimum atomic E-state index is -0.342. The maximum absolute atomic E-state index is 13.3. The van der Waals surface area contributed by atoms with E-state index in [0.29, 0.717) is 35.9 Å². The summed E-state index contributed by atoms with van der Waals surface area (Å²) >= 11 is 0. The summed E-state index contributed by atoms with van der Waals surface area (Å²) < 4.78 is 13.3. The highest BCUT2D eigenvalue weighted by atomic mass is 19.1. The second kappa shape index (κ2) is 9.13. The number of nitrogens with zero attached hydrogens (tertiary/aromatic N) is 4. The van der Waals surface area contributed by atoms with Gasteiger partial charge in [-0.2, -0.15) is 0 Å². The number of nitrogens with one attached hydrogen (secondary N) is 1. The highest BCUT2D eigenvalue weighted by molar-refractivity contribution is 5.96. The number of benzene rings is 2. The number of aromatic nitrogens is 2. The predicted molar refractivity (Wildman–Crippen MR) is 120 cm³/mol. The maximum atomic E-state index is 13.3. The number of carbonyl (C=O) groups is 2. The van der Waals surface area contributed by atoms with E-state index in [1.165, 1.54) is 12.1 Å². The molecule has 3 aromatic rings. The molecule has 7 nitrogen and oxygen atoms in total. The molecular weight excluding hydrogens is 409 g/mol. The second-order valence-electron chi connectivity index (χ2n) is 7.75. The van der Waals surface area contributed by atoms with Gasteiger partial charge in [0, 0.05) is 50.3 Å². The summed E-state index contributed by atoms with van der Waals surface area (Å²) in [6, 6.07) is 16.8.